The second-order valence-electron chi connectivity index (χ2n) is 8.35. The molecule has 0 aliphatic heterocycles. The Labute approximate surface area is 194 Å². The normalized spacial score (nSPS) is 12.3. The van der Waals surface area contributed by atoms with Crippen LogP contribution in [0, 0.1) is 5.92 Å². The third-order valence-electron chi connectivity index (χ3n) is 5.65. The van der Waals surface area contributed by atoms with Gasteiger partial charge in [0.2, 0.25) is 0 Å². The van der Waals surface area contributed by atoms with Crippen LogP contribution in [-0.2, 0) is 14.6 Å². The molecule has 0 aliphatic carbocycles. The van der Waals surface area contributed by atoms with Crippen molar-refractivity contribution in [1.82, 2.24) is 0 Å². The van der Waals surface area contributed by atoms with Crippen LogP contribution in [-0.4, -0.2) is 27.4 Å². The highest BCUT2D eigenvalue weighted by Gasteiger charge is 2.17. The second kappa shape index (κ2) is 14.0. The first-order chi connectivity index (χ1) is 15.5. The SMILES string of the molecule is C=COCCCCCCCCOc1ccc(-c2ccc(S(=O)(=O)C[C@@H](C)CC)cc2)cc1. The van der Waals surface area contributed by atoms with E-state index in [2.05, 4.69) is 6.58 Å². The molecule has 0 amide bonds. The lowest BCUT2D eigenvalue weighted by Gasteiger charge is -2.11. The summed E-state index contributed by atoms with van der Waals surface area (Å²) in [4.78, 5) is 0.395. The predicted molar refractivity (Wildman–Crippen MR) is 133 cm³/mol. The standard InChI is InChI=1S/C27H38O4S/c1-4-23(3)22-32(28,29)27-18-14-25(15-19-27)24-12-16-26(17-13-24)31-21-11-9-7-6-8-10-20-30-5-2/h5,12-19,23H,2,4,6-11,20-22H2,1,3H3/t23-/m0/s1. The summed E-state index contributed by atoms with van der Waals surface area (Å²) in [6.07, 6.45) is 9.32. The van der Waals surface area contributed by atoms with Gasteiger partial charge in [-0.2, -0.15) is 0 Å². The smallest absolute Gasteiger partial charge is 0.178 e. The molecule has 5 heteroatoms. The fraction of sp³-hybridized carbons (Fsp3) is 0.481. The average Bonchev–Trinajstić information content (AvgIpc) is 2.80. The molecule has 2 aromatic rings. The molecule has 0 fully saturated rings. The van der Waals surface area contributed by atoms with Crippen molar-refractivity contribution in [2.24, 2.45) is 5.92 Å². The maximum atomic E-state index is 12.5. The van der Waals surface area contributed by atoms with Crippen molar-refractivity contribution in [3.8, 4) is 16.9 Å². The number of ether oxygens (including phenoxy) is 2. The van der Waals surface area contributed by atoms with E-state index >= 15 is 0 Å². The summed E-state index contributed by atoms with van der Waals surface area (Å²) in [7, 11) is -3.23. The van der Waals surface area contributed by atoms with Crippen molar-refractivity contribution in [2.75, 3.05) is 19.0 Å². The van der Waals surface area contributed by atoms with E-state index in [1.165, 1.54) is 31.9 Å². The molecule has 0 N–H and O–H groups in total. The number of rotatable bonds is 16. The van der Waals surface area contributed by atoms with Gasteiger partial charge in [-0.05, 0) is 54.2 Å². The maximum absolute atomic E-state index is 12.5. The highest BCUT2D eigenvalue weighted by atomic mass is 32.2. The first kappa shape index (κ1) is 26.0. The maximum Gasteiger partial charge on any atom is 0.178 e. The molecule has 1 atom stereocenters. The Kier molecular flexibility index (Phi) is 11.4. The van der Waals surface area contributed by atoms with Gasteiger partial charge in [0.05, 0.1) is 30.1 Å². The van der Waals surface area contributed by atoms with Crippen LogP contribution in [0.15, 0.2) is 66.3 Å². The zero-order valence-corrected chi connectivity index (χ0v) is 20.4. The topological polar surface area (TPSA) is 52.6 Å². The Balaban J connectivity index is 1.75. The summed E-state index contributed by atoms with van der Waals surface area (Å²) in [6, 6.07) is 15.2. The van der Waals surface area contributed by atoms with E-state index in [0.717, 1.165) is 49.4 Å². The molecule has 0 spiro atoms. The van der Waals surface area contributed by atoms with Crippen molar-refractivity contribution in [3.63, 3.8) is 0 Å². The van der Waals surface area contributed by atoms with Gasteiger partial charge in [0.1, 0.15) is 5.75 Å². The largest absolute Gasteiger partial charge is 0.502 e. The van der Waals surface area contributed by atoms with Gasteiger partial charge >= 0.3 is 0 Å². The molecule has 32 heavy (non-hydrogen) atoms. The number of hydrogen-bond acceptors (Lipinski definition) is 4. The number of benzene rings is 2. The van der Waals surface area contributed by atoms with Gasteiger partial charge in [0.15, 0.2) is 9.84 Å². The highest BCUT2D eigenvalue weighted by molar-refractivity contribution is 7.91. The average molecular weight is 459 g/mol. The monoisotopic (exact) mass is 458 g/mol. The van der Waals surface area contributed by atoms with Gasteiger partial charge in [0, 0.05) is 0 Å². The summed E-state index contributed by atoms with van der Waals surface area (Å²) in [6.45, 7) is 9.02. The van der Waals surface area contributed by atoms with Gasteiger partial charge < -0.3 is 9.47 Å². The van der Waals surface area contributed by atoms with Gasteiger partial charge in [-0.1, -0.05) is 76.8 Å². The van der Waals surface area contributed by atoms with E-state index in [0.29, 0.717) is 4.90 Å². The van der Waals surface area contributed by atoms with Crippen molar-refractivity contribution in [2.45, 2.75) is 63.7 Å². The van der Waals surface area contributed by atoms with Crippen LogP contribution in [0.3, 0.4) is 0 Å². The number of hydrogen-bond donors (Lipinski definition) is 0. The lowest BCUT2D eigenvalue weighted by atomic mass is 10.1. The Hall–Kier alpha value is -2.27. The Morgan fingerprint density at radius 2 is 1.38 bits per heavy atom. The third kappa shape index (κ3) is 9.07. The van der Waals surface area contributed by atoms with Crippen LogP contribution in [0.25, 0.3) is 11.1 Å². The van der Waals surface area contributed by atoms with Crippen LogP contribution < -0.4 is 4.74 Å². The molecule has 176 valence electrons. The molecule has 0 saturated heterocycles. The minimum atomic E-state index is -3.23. The molecular weight excluding hydrogens is 420 g/mol. The van der Waals surface area contributed by atoms with E-state index in [1.54, 1.807) is 12.1 Å². The lowest BCUT2D eigenvalue weighted by molar-refractivity contribution is 0.241. The molecule has 0 aliphatic rings. The zero-order valence-electron chi connectivity index (χ0n) is 19.6. The quantitative estimate of drug-likeness (QED) is 0.200. The first-order valence-electron chi connectivity index (χ1n) is 11.7. The molecule has 0 aromatic heterocycles. The molecule has 2 aromatic carbocycles. The van der Waals surface area contributed by atoms with E-state index < -0.39 is 9.84 Å². The molecule has 2 rings (SSSR count). The fourth-order valence-corrected chi connectivity index (χ4v) is 5.18. The summed E-state index contributed by atoms with van der Waals surface area (Å²) in [5.41, 5.74) is 2.04. The van der Waals surface area contributed by atoms with Crippen LogP contribution >= 0.6 is 0 Å². The Morgan fingerprint density at radius 1 is 0.844 bits per heavy atom. The molecule has 0 radical (unpaired) electrons. The molecule has 0 bridgehead atoms. The first-order valence-corrected chi connectivity index (χ1v) is 13.4. The third-order valence-corrected chi connectivity index (χ3v) is 7.64. The zero-order chi connectivity index (χ0) is 23.2. The van der Waals surface area contributed by atoms with Gasteiger partial charge in [0.25, 0.3) is 0 Å². The number of unbranched alkanes of at least 4 members (excludes halogenated alkanes) is 5. The van der Waals surface area contributed by atoms with Crippen molar-refractivity contribution >= 4 is 9.84 Å². The summed E-state index contributed by atoms with van der Waals surface area (Å²) < 4.78 is 36.0. The van der Waals surface area contributed by atoms with E-state index in [4.69, 9.17) is 9.47 Å². The second-order valence-corrected chi connectivity index (χ2v) is 10.4. The van der Waals surface area contributed by atoms with Crippen molar-refractivity contribution in [1.29, 1.82) is 0 Å². The van der Waals surface area contributed by atoms with Crippen LogP contribution in [0.4, 0.5) is 0 Å². The molecular formula is C27H38O4S. The number of sulfone groups is 1. The van der Waals surface area contributed by atoms with Gasteiger partial charge in [-0.3, -0.25) is 0 Å². The highest BCUT2D eigenvalue weighted by Crippen LogP contribution is 2.25. The summed E-state index contributed by atoms with van der Waals surface area (Å²) in [5, 5.41) is 0. The van der Waals surface area contributed by atoms with E-state index in [1.807, 2.05) is 50.2 Å². The minimum Gasteiger partial charge on any atom is -0.502 e. The van der Waals surface area contributed by atoms with Gasteiger partial charge in [-0.15, -0.1) is 0 Å². The molecule has 0 unspecified atom stereocenters. The predicted octanol–water partition coefficient (Wildman–Crippen LogP) is 7.05. The fourth-order valence-electron chi connectivity index (χ4n) is 3.45. The van der Waals surface area contributed by atoms with Crippen LogP contribution in [0.1, 0.15) is 58.8 Å². The van der Waals surface area contributed by atoms with Crippen LogP contribution in [0.2, 0.25) is 0 Å². The molecule has 4 nitrogen and oxygen atoms in total. The van der Waals surface area contributed by atoms with Crippen LogP contribution in [0.5, 0.6) is 5.75 Å². The minimum absolute atomic E-state index is 0.162. The van der Waals surface area contributed by atoms with E-state index in [9.17, 15) is 8.42 Å². The summed E-state index contributed by atoms with van der Waals surface area (Å²) in [5.74, 6) is 1.22. The summed E-state index contributed by atoms with van der Waals surface area (Å²) >= 11 is 0. The lowest BCUT2D eigenvalue weighted by Crippen LogP contribution is -2.13. The molecule has 0 heterocycles. The van der Waals surface area contributed by atoms with Gasteiger partial charge in [-0.25, -0.2) is 8.42 Å². The van der Waals surface area contributed by atoms with E-state index in [-0.39, 0.29) is 11.7 Å². The Bertz CT molecular complexity index is 886. The van der Waals surface area contributed by atoms with Crippen molar-refractivity contribution < 1.29 is 17.9 Å². The Morgan fingerprint density at radius 3 is 1.94 bits per heavy atom. The molecule has 0 saturated carbocycles. The van der Waals surface area contributed by atoms with Crippen molar-refractivity contribution in [3.05, 3.63) is 61.4 Å².